The largest absolute Gasteiger partial charge is 0.382 e. The molecule has 0 bridgehead atoms. The van der Waals surface area contributed by atoms with E-state index in [1.165, 1.54) is 19.3 Å². The number of rotatable bonds is 3. The summed E-state index contributed by atoms with van der Waals surface area (Å²) >= 11 is 0. The van der Waals surface area contributed by atoms with Crippen LogP contribution in [0, 0.1) is 5.92 Å². The van der Waals surface area contributed by atoms with Gasteiger partial charge in [0.15, 0.2) is 0 Å². The van der Waals surface area contributed by atoms with Crippen LogP contribution >= 0.6 is 0 Å². The van der Waals surface area contributed by atoms with Crippen molar-refractivity contribution in [1.82, 2.24) is 20.2 Å². The Hall–Kier alpha value is -1.91. The Kier molecular flexibility index (Phi) is 2.96. The lowest BCUT2D eigenvalue weighted by Gasteiger charge is -2.14. The second kappa shape index (κ2) is 4.76. The minimum absolute atomic E-state index is 0.601. The first-order valence-electron chi connectivity index (χ1n) is 6.41. The molecule has 1 aliphatic carbocycles. The molecular formula is C13H17N5. The van der Waals surface area contributed by atoms with Gasteiger partial charge in [0.2, 0.25) is 0 Å². The van der Waals surface area contributed by atoms with Crippen LogP contribution in [0.1, 0.15) is 26.2 Å². The third-order valence-corrected chi connectivity index (χ3v) is 3.53. The molecule has 5 heteroatoms. The first-order chi connectivity index (χ1) is 8.81. The van der Waals surface area contributed by atoms with Gasteiger partial charge in [0.05, 0.1) is 5.69 Å². The highest BCUT2D eigenvalue weighted by Gasteiger charge is 2.20. The van der Waals surface area contributed by atoms with E-state index < -0.39 is 0 Å². The van der Waals surface area contributed by atoms with E-state index in [-0.39, 0.29) is 0 Å². The summed E-state index contributed by atoms with van der Waals surface area (Å²) in [5.74, 6) is 0.838. The molecule has 1 aromatic heterocycles. The van der Waals surface area contributed by atoms with Gasteiger partial charge in [-0.05, 0) is 53.8 Å². The fourth-order valence-electron chi connectivity index (χ4n) is 2.59. The van der Waals surface area contributed by atoms with Crippen LogP contribution in [0.4, 0.5) is 5.69 Å². The molecule has 2 atom stereocenters. The smallest absolute Gasteiger partial charge is 0.143 e. The van der Waals surface area contributed by atoms with E-state index >= 15 is 0 Å². The zero-order valence-corrected chi connectivity index (χ0v) is 10.5. The molecule has 1 fully saturated rings. The van der Waals surface area contributed by atoms with E-state index in [4.69, 9.17) is 0 Å². The van der Waals surface area contributed by atoms with Crippen LogP contribution in [-0.2, 0) is 0 Å². The fraction of sp³-hybridized carbons (Fsp3) is 0.462. The predicted molar refractivity (Wildman–Crippen MR) is 69.6 cm³/mol. The predicted octanol–water partition coefficient (Wildman–Crippen LogP) is 2.26. The molecule has 94 valence electrons. The molecule has 2 unspecified atom stereocenters. The second-order valence-corrected chi connectivity index (χ2v) is 5.06. The number of anilines is 1. The molecule has 1 N–H and O–H groups in total. The maximum absolute atomic E-state index is 3.90. The van der Waals surface area contributed by atoms with Gasteiger partial charge in [0.1, 0.15) is 6.33 Å². The average Bonchev–Trinajstić information content (AvgIpc) is 3.01. The minimum Gasteiger partial charge on any atom is -0.382 e. The number of nitrogens with zero attached hydrogens (tertiary/aromatic N) is 4. The van der Waals surface area contributed by atoms with Gasteiger partial charge < -0.3 is 5.32 Å². The summed E-state index contributed by atoms with van der Waals surface area (Å²) in [5.41, 5.74) is 2.12. The molecule has 5 nitrogen and oxygen atoms in total. The first kappa shape index (κ1) is 11.2. The Morgan fingerprint density at radius 3 is 3.00 bits per heavy atom. The Bertz CT molecular complexity index is 508. The molecule has 18 heavy (non-hydrogen) atoms. The first-order valence-corrected chi connectivity index (χ1v) is 6.41. The van der Waals surface area contributed by atoms with E-state index in [9.17, 15) is 0 Å². The summed E-state index contributed by atoms with van der Waals surface area (Å²) in [5, 5.41) is 14.8. The molecule has 1 aliphatic rings. The maximum Gasteiger partial charge on any atom is 0.143 e. The topological polar surface area (TPSA) is 55.6 Å². The summed E-state index contributed by atoms with van der Waals surface area (Å²) in [4.78, 5) is 0. The number of tetrazole rings is 1. The summed E-state index contributed by atoms with van der Waals surface area (Å²) < 4.78 is 1.67. The van der Waals surface area contributed by atoms with Crippen molar-refractivity contribution in [1.29, 1.82) is 0 Å². The zero-order chi connectivity index (χ0) is 12.4. The van der Waals surface area contributed by atoms with Crippen LogP contribution in [-0.4, -0.2) is 26.2 Å². The lowest BCUT2D eigenvalue weighted by molar-refractivity contribution is 0.602. The van der Waals surface area contributed by atoms with E-state index in [1.54, 1.807) is 11.0 Å². The van der Waals surface area contributed by atoms with Crippen LogP contribution in [0.25, 0.3) is 5.69 Å². The summed E-state index contributed by atoms with van der Waals surface area (Å²) in [6.07, 6.45) is 5.45. The van der Waals surface area contributed by atoms with E-state index in [0.717, 1.165) is 17.3 Å². The van der Waals surface area contributed by atoms with Crippen molar-refractivity contribution in [2.45, 2.75) is 32.2 Å². The van der Waals surface area contributed by atoms with Gasteiger partial charge in [-0.15, -0.1) is 5.10 Å². The number of nitrogens with one attached hydrogen (secondary N) is 1. The van der Waals surface area contributed by atoms with E-state index in [2.05, 4.69) is 39.9 Å². The van der Waals surface area contributed by atoms with Gasteiger partial charge in [0, 0.05) is 11.7 Å². The molecular weight excluding hydrogens is 226 g/mol. The summed E-state index contributed by atoms with van der Waals surface area (Å²) in [7, 11) is 0. The van der Waals surface area contributed by atoms with Crippen molar-refractivity contribution >= 4 is 5.69 Å². The Balaban J connectivity index is 1.75. The van der Waals surface area contributed by atoms with E-state index in [0.29, 0.717) is 6.04 Å². The summed E-state index contributed by atoms with van der Waals surface area (Å²) in [6.45, 7) is 2.32. The van der Waals surface area contributed by atoms with Crippen molar-refractivity contribution in [2.75, 3.05) is 5.32 Å². The maximum atomic E-state index is 3.90. The molecule has 3 rings (SSSR count). The lowest BCUT2D eigenvalue weighted by atomic mass is 10.1. The normalized spacial score (nSPS) is 23.2. The van der Waals surface area contributed by atoms with Gasteiger partial charge >= 0.3 is 0 Å². The quantitative estimate of drug-likeness (QED) is 0.898. The van der Waals surface area contributed by atoms with Crippen LogP contribution in [0.2, 0.25) is 0 Å². The highest BCUT2D eigenvalue weighted by molar-refractivity contribution is 5.51. The van der Waals surface area contributed by atoms with Gasteiger partial charge in [0.25, 0.3) is 0 Å². The van der Waals surface area contributed by atoms with Crippen LogP contribution < -0.4 is 5.32 Å². The van der Waals surface area contributed by atoms with E-state index in [1.807, 2.05) is 12.1 Å². The molecule has 0 amide bonds. The molecule has 1 heterocycles. The van der Waals surface area contributed by atoms with Crippen molar-refractivity contribution in [3.63, 3.8) is 0 Å². The third kappa shape index (κ3) is 2.34. The monoisotopic (exact) mass is 243 g/mol. The number of hydrogen-bond acceptors (Lipinski definition) is 4. The third-order valence-electron chi connectivity index (χ3n) is 3.53. The number of benzene rings is 1. The molecule has 1 aromatic carbocycles. The molecule has 1 saturated carbocycles. The Labute approximate surface area is 106 Å². The number of hydrogen-bond donors (Lipinski definition) is 1. The molecule has 0 aliphatic heterocycles. The van der Waals surface area contributed by atoms with Crippen LogP contribution in [0.5, 0.6) is 0 Å². The highest BCUT2D eigenvalue weighted by atomic mass is 15.5. The lowest BCUT2D eigenvalue weighted by Crippen LogP contribution is -2.15. The Morgan fingerprint density at radius 2 is 2.28 bits per heavy atom. The highest BCUT2D eigenvalue weighted by Crippen LogP contribution is 2.27. The Morgan fingerprint density at radius 1 is 1.33 bits per heavy atom. The van der Waals surface area contributed by atoms with Gasteiger partial charge in [-0.25, -0.2) is 4.68 Å². The van der Waals surface area contributed by atoms with Gasteiger partial charge in [-0.1, -0.05) is 13.0 Å². The van der Waals surface area contributed by atoms with Crippen molar-refractivity contribution in [3.05, 3.63) is 30.6 Å². The van der Waals surface area contributed by atoms with Gasteiger partial charge in [-0.2, -0.15) is 0 Å². The molecule has 0 saturated heterocycles. The van der Waals surface area contributed by atoms with Crippen LogP contribution in [0.3, 0.4) is 0 Å². The molecule has 2 aromatic rings. The average molecular weight is 243 g/mol. The summed E-state index contributed by atoms with van der Waals surface area (Å²) in [6, 6.07) is 8.80. The zero-order valence-electron chi connectivity index (χ0n) is 10.5. The molecule has 0 radical (unpaired) electrons. The van der Waals surface area contributed by atoms with Crippen LogP contribution in [0.15, 0.2) is 30.6 Å². The van der Waals surface area contributed by atoms with Gasteiger partial charge in [-0.3, -0.25) is 0 Å². The molecule has 0 spiro atoms. The number of aromatic nitrogens is 4. The fourth-order valence-corrected chi connectivity index (χ4v) is 2.59. The SMILES string of the molecule is CC1CCC(Nc2cccc(-n3cnnn3)c2)C1. The van der Waals surface area contributed by atoms with Crippen molar-refractivity contribution < 1.29 is 0 Å². The van der Waals surface area contributed by atoms with Crippen molar-refractivity contribution in [3.8, 4) is 5.69 Å². The second-order valence-electron chi connectivity index (χ2n) is 5.06. The van der Waals surface area contributed by atoms with Crippen molar-refractivity contribution in [2.24, 2.45) is 5.92 Å². The standard InChI is InChI=1S/C13H17N5/c1-10-5-6-12(7-10)15-11-3-2-4-13(8-11)18-9-14-16-17-18/h2-4,8-10,12,15H,5-7H2,1H3. The minimum atomic E-state index is 0.601.